The molecule has 0 saturated carbocycles. The SMILES string of the molecule is CSCCCCC(CN)c1ccccc1. The highest BCUT2D eigenvalue weighted by molar-refractivity contribution is 7.98. The molecule has 0 aliphatic rings. The Kier molecular flexibility index (Phi) is 6.53. The highest BCUT2D eigenvalue weighted by atomic mass is 32.2. The maximum atomic E-state index is 5.81. The molecule has 0 amide bonds. The molecule has 0 bridgehead atoms. The van der Waals surface area contributed by atoms with Gasteiger partial charge in [-0.05, 0) is 42.9 Å². The lowest BCUT2D eigenvalue weighted by atomic mass is 9.94. The van der Waals surface area contributed by atoms with Crippen molar-refractivity contribution in [3.05, 3.63) is 35.9 Å². The molecular weight excluding hydrogens is 202 g/mol. The van der Waals surface area contributed by atoms with Crippen molar-refractivity contribution < 1.29 is 0 Å². The van der Waals surface area contributed by atoms with Crippen LogP contribution in [-0.2, 0) is 0 Å². The first-order chi connectivity index (χ1) is 7.38. The normalized spacial score (nSPS) is 12.7. The third-order valence-corrected chi connectivity index (χ3v) is 3.40. The average molecular weight is 223 g/mol. The van der Waals surface area contributed by atoms with Crippen molar-refractivity contribution in [2.45, 2.75) is 25.2 Å². The number of hydrogen-bond donors (Lipinski definition) is 1. The van der Waals surface area contributed by atoms with E-state index in [-0.39, 0.29) is 0 Å². The molecule has 1 nitrogen and oxygen atoms in total. The van der Waals surface area contributed by atoms with E-state index in [1.165, 1.54) is 30.6 Å². The van der Waals surface area contributed by atoms with Gasteiger partial charge in [0.2, 0.25) is 0 Å². The van der Waals surface area contributed by atoms with E-state index in [0.29, 0.717) is 5.92 Å². The van der Waals surface area contributed by atoms with Gasteiger partial charge in [0.1, 0.15) is 0 Å². The van der Waals surface area contributed by atoms with E-state index in [0.717, 1.165) is 6.54 Å². The van der Waals surface area contributed by atoms with Gasteiger partial charge in [-0.1, -0.05) is 36.8 Å². The van der Waals surface area contributed by atoms with Gasteiger partial charge in [-0.2, -0.15) is 11.8 Å². The lowest BCUT2D eigenvalue weighted by Gasteiger charge is -2.14. The molecule has 0 spiro atoms. The minimum atomic E-state index is 0.549. The van der Waals surface area contributed by atoms with Gasteiger partial charge >= 0.3 is 0 Å². The summed E-state index contributed by atoms with van der Waals surface area (Å²) in [5.41, 5.74) is 7.21. The number of nitrogens with two attached hydrogens (primary N) is 1. The first-order valence-electron chi connectivity index (χ1n) is 5.62. The van der Waals surface area contributed by atoms with Crippen LogP contribution in [-0.4, -0.2) is 18.6 Å². The van der Waals surface area contributed by atoms with Gasteiger partial charge in [0.05, 0.1) is 0 Å². The zero-order chi connectivity index (χ0) is 10.9. The average Bonchev–Trinajstić information content (AvgIpc) is 2.30. The van der Waals surface area contributed by atoms with Gasteiger partial charge in [0, 0.05) is 0 Å². The zero-order valence-electron chi connectivity index (χ0n) is 9.49. The Bertz CT molecular complexity index is 248. The Labute approximate surface area is 97.4 Å². The number of rotatable bonds is 7. The molecule has 0 fully saturated rings. The summed E-state index contributed by atoms with van der Waals surface area (Å²) in [6.07, 6.45) is 5.99. The fourth-order valence-electron chi connectivity index (χ4n) is 1.78. The van der Waals surface area contributed by atoms with E-state index in [1.807, 2.05) is 11.8 Å². The van der Waals surface area contributed by atoms with Crippen LogP contribution < -0.4 is 5.73 Å². The topological polar surface area (TPSA) is 26.0 Å². The molecule has 0 aromatic heterocycles. The highest BCUT2D eigenvalue weighted by Crippen LogP contribution is 2.20. The Morgan fingerprint density at radius 1 is 1.20 bits per heavy atom. The van der Waals surface area contributed by atoms with Crippen LogP contribution in [0.1, 0.15) is 30.7 Å². The van der Waals surface area contributed by atoms with Crippen LogP contribution in [0.4, 0.5) is 0 Å². The first-order valence-corrected chi connectivity index (χ1v) is 7.01. The van der Waals surface area contributed by atoms with Crippen molar-refractivity contribution in [3.63, 3.8) is 0 Å². The van der Waals surface area contributed by atoms with E-state index in [2.05, 4.69) is 36.6 Å². The quantitative estimate of drug-likeness (QED) is 0.718. The molecule has 2 N–H and O–H groups in total. The van der Waals surface area contributed by atoms with Crippen molar-refractivity contribution in [2.75, 3.05) is 18.6 Å². The molecular formula is C13H21NS. The summed E-state index contributed by atoms with van der Waals surface area (Å²) in [7, 11) is 0. The first kappa shape index (κ1) is 12.6. The van der Waals surface area contributed by atoms with E-state index in [4.69, 9.17) is 5.73 Å². The van der Waals surface area contributed by atoms with E-state index >= 15 is 0 Å². The van der Waals surface area contributed by atoms with Crippen LogP contribution in [0.25, 0.3) is 0 Å². The van der Waals surface area contributed by atoms with E-state index in [9.17, 15) is 0 Å². The van der Waals surface area contributed by atoms with Crippen molar-refractivity contribution in [2.24, 2.45) is 5.73 Å². The number of thioether (sulfide) groups is 1. The van der Waals surface area contributed by atoms with Crippen LogP contribution in [0, 0.1) is 0 Å². The van der Waals surface area contributed by atoms with Gasteiger partial charge in [0.15, 0.2) is 0 Å². The molecule has 0 aliphatic carbocycles. The molecule has 1 atom stereocenters. The Morgan fingerprint density at radius 2 is 1.93 bits per heavy atom. The fraction of sp³-hybridized carbons (Fsp3) is 0.538. The summed E-state index contributed by atoms with van der Waals surface area (Å²) in [5.74, 6) is 1.82. The van der Waals surface area contributed by atoms with E-state index in [1.54, 1.807) is 0 Å². The maximum absolute atomic E-state index is 5.81. The van der Waals surface area contributed by atoms with Gasteiger partial charge in [-0.15, -0.1) is 0 Å². The van der Waals surface area contributed by atoms with Gasteiger partial charge < -0.3 is 5.73 Å². The Balaban J connectivity index is 2.36. The van der Waals surface area contributed by atoms with Crippen LogP contribution in [0.5, 0.6) is 0 Å². The lowest BCUT2D eigenvalue weighted by Crippen LogP contribution is -2.12. The standard InChI is InChI=1S/C13H21NS/c1-15-10-6-5-9-13(11-14)12-7-3-2-4-8-12/h2-4,7-8,13H,5-6,9-11,14H2,1H3. The number of unbranched alkanes of at least 4 members (excludes halogenated alkanes) is 1. The van der Waals surface area contributed by atoms with Crippen LogP contribution in [0.3, 0.4) is 0 Å². The molecule has 1 unspecified atom stereocenters. The van der Waals surface area contributed by atoms with Gasteiger partial charge in [-0.3, -0.25) is 0 Å². The highest BCUT2D eigenvalue weighted by Gasteiger charge is 2.07. The summed E-state index contributed by atoms with van der Waals surface area (Å²) in [5, 5.41) is 0. The van der Waals surface area contributed by atoms with Crippen molar-refractivity contribution in [1.82, 2.24) is 0 Å². The monoisotopic (exact) mass is 223 g/mol. The predicted molar refractivity (Wildman–Crippen MR) is 70.5 cm³/mol. The molecule has 84 valence electrons. The summed E-state index contributed by atoms with van der Waals surface area (Å²) >= 11 is 1.93. The summed E-state index contributed by atoms with van der Waals surface area (Å²) in [4.78, 5) is 0. The van der Waals surface area contributed by atoms with Crippen molar-refractivity contribution >= 4 is 11.8 Å². The molecule has 0 radical (unpaired) electrons. The van der Waals surface area contributed by atoms with Crippen LogP contribution in [0.2, 0.25) is 0 Å². The van der Waals surface area contributed by atoms with Crippen molar-refractivity contribution in [1.29, 1.82) is 0 Å². The summed E-state index contributed by atoms with van der Waals surface area (Å²) in [6, 6.07) is 10.6. The minimum Gasteiger partial charge on any atom is -0.330 e. The molecule has 0 heterocycles. The molecule has 1 aromatic carbocycles. The molecule has 0 aliphatic heterocycles. The van der Waals surface area contributed by atoms with Crippen LogP contribution >= 0.6 is 11.8 Å². The van der Waals surface area contributed by atoms with Gasteiger partial charge in [-0.25, -0.2) is 0 Å². The Morgan fingerprint density at radius 3 is 2.53 bits per heavy atom. The minimum absolute atomic E-state index is 0.549. The lowest BCUT2D eigenvalue weighted by molar-refractivity contribution is 0.594. The van der Waals surface area contributed by atoms with Crippen LogP contribution in [0.15, 0.2) is 30.3 Å². The van der Waals surface area contributed by atoms with Gasteiger partial charge in [0.25, 0.3) is 0 Å². The second-order valence-electron chi connectivity index (χ2n) is 3.83. The molecule has 2 heteroatoms. The Hall–Kier alpha value is -0.470. The second kappa shape index (κ2) is 7.77. The second-order valence-corrected chi connectivity index (χ2v) is 4.82. The zero-order valence-corrected chi connectivity index (χ0v) is 10.3. The third kappa shape index (κ3) is 4.72. The maximum Gasteiger partial charge on any atom is -0.000824 e. The largest absolute Gasteiger partial charge is 0.330 e. The molecule has 1 rings (SSSR count). The fourth-order valence-corrected chi connectivity index (χ4v) is 2.28. The molecule has 0 saturated heterocycles. The van der Waals surface area contributed by atoms with Crippen molar-refractivity contribution in [3.8, 4) is 0 Å². The summed E-state index contributed by atoms with van der Waals surface area (Å²) in [6.45, 7) is 0.767. The third-order valence-electron chi connectivity index (χ3n) is 2.71. The van der Waals surface area contributed by atoms with E-state index < -0.39 is 0 Å². The summed E-state index contributed by atoms with van der Waals surface area (Å²) < 4.78 is 0. The predicted octanol–water partition coefficient (Wildman–Crippen LogP) is 3.26. The smallest absolute Gasteiger partial charge is 0.000824 e. The molecule has 15 heavy (non-hydrogen) atoms. The molecule has 1 aromatic rings. The number of benzene rings is 1. The number of hydrogen-bond acceptors (Lipinski definition) is 2.